The topological polar surface area (TPSA) is 57.6 Å². The molecule has 0 aliphatic rings. The van der Waals surface area contributed by atoms with E-state index in [2.05, 4.69) is 0 Å². The first kappa shape index (κ1) is 19.4. The van der Waals surface area contributed by atoms with Gasteiger partial charge in [0.05, 0.1) is 17.1 Å². The van der Waals surface area contributed by atoms with Gasteiger partial charge in [0.2, 0.25) is 8.32 Å². The molecule has 0 saturated carbocycles. The first-order chi connectivity index (χ1) is 12.8. The maximum atomic E-state index is 13.3. The Bertz CT molecular complexity index is 983. The summed E-state index contributed by atoms with van der Waals surface area (Å²) in [6.07, 6.45) is 0. The van der Waals surface area contributed by atoms with E-state index >= 15 is 0 Å². The summed E-state index contributed by atoms with van der Waals surface area (Å²) in [5, 5.41) is 0.864. The lowest BCUT2D eigenvalue weighted by atomic mass is 10.2. The van der Waals surface area contributed by atoms with Crippen LogP contribution in [0.1, 0.15) is 5.56 Å². The summed E-state index contributed by atoms with van der Waals surface area (Å²) < 4.78 is 28.0. The van der Waals surface area contributed by atoms with Gasteiger partial charge in [0.1, 0.15) is 0 Å². The summed E-state index contributed by atoms with van der Waals surface area (Å²) in [4.78, 5) is 10.6. The summed E-state index contributed by atoms with van der Waals surface area (Å²) >= 11 is 0. The van der Waals surface area contributed by atoms with Crippen LogP contribution >= 0.6 is 0 Å². The Morgan fingerprint density at radius 1 is 0.815 bits per heavy atom. The van der Waals surface area contributed by atoms with Crippen LogP contribution in [0.25, 0.3) is 0 Å². The van der Waals surface area contributed by atoms with E-state index in [1.807, 2.05) is 55.6 Å². The highest BCUT2D eigenvalue weighted by Crippen LogP contribution is 2.25. The van der Waals surface area contributed by atoms with Gasteiger partial charge in [-0.1, -0.05) is 60.7 Å². The van der Waals surface area contributed by atoms with Crippen molar-refractivity contribution in [1.29, 1.82) is 0 Å². The second kappa shape index (κ2) is 7.68. The standard InChI is InChI=1S/C21H23NO3SSi/c1-27(2,25)21-15-13-19(14-16-21)22(17-18-9-5-3-6-10-18)26(23,24)20-11-7-4-8-12-20/h3-16,25H,17H2,1-2H3. The molecule has 3 aromatic carbocycles. The number of nitrogens with zero attached hydrogens (tertiary/aromatic N) is 1. The summed E-state index contributed by atoms with van der Waals surface area (Å²) in [6.45, 7) is 3.91. The maximum Gasteiger partial charge on any atom is 0.264 e. The third kappa shape index (κ3) is 4.47. The lowest BCUT2D eigenvalue weighted by Crippen LogP contribution is -2.41. The Morgan fingerprint density at radius 2 is 1.33 bits per heavy atom. The lowest BCUT2D eigenvalue weighted by molar-refractivity contribution is 0.568. The fourth-order valence-corrected chi connectivity index (χ4v) is 5.28. The fourth-order valence-electron chi connectivity index (χ4n) is 2.82. The quantitative estimate of drug-likeness (QED) is 0.648. The van der Waals surface area contributed by atoms with E-state index in [4.69, 9.17) is 0 Å². The molecule has 0 aliphatic heterocycles. The van der Waals surface area contributed by atoms with Crippen molar-refractivity contribution in [2.45, 2.75) is 24.5 Å². The number of hydrogen-bond acceptors (Lipinski definition) is 3. The average molecular weight is 398 g/mol. The molecule has 0 radical (unpaired) electrons. The monoisotopic (exact) mass is 397 g/mol. The predicted octanol–water partition coefficient (Wildman–Crippen LogP) is 3.49. The molecule has 0 aliphatic carbocycles. The van der Waals surface area contributed by atoms with Gasteiger partial charge in [-0.15, -0.1) is 0 Å². The Labute approximate surface area is 161 Å². The van der Waals surface area contributed by atoms with Crippen LogP contribution in [0.2, 0.25) is 13.1 Å². The van der Waals surface area contributed by atoms with E-state index in [9.17, 15) is 13.2 Å². The van der Waals surface area contributed by atoms with Crippen molar-refractivity contribution in [1.82, 2.24) is 0 Å². The Balaban J connectivity index is 2.05. The van der Waals surface area contributed by atoms with Crippen molar-refractivity contribution in [3.8, 4) is 0 Å². The highest BCUT2D eigenvalue weighted by Gasteiger charge is 2.26. The van der Waals surface area contributed by atoms with Crippen molar-refractivity contribution < 1.29 is 13.2 Å². The van der Waals surface area contributed by atoms with Gasteiger partial charge in [-0.3, -0.25) is 4.31 Å². The fraction of sp³-hybridized carbons (Fsp3) is 0.143. The minimum Gasteiger partial charge on any atom is -0.428 e. The zero-order valence-corrected chi connectivity index (χ0v) is 17.2. The smallest absolute Gasteiger partial charge is 0.264 e. The van der Waals surface area contributed by atoms with Gasteiger partial charge in [-0.05, 0) is 48.1 Å². The van der Waals surface area contributed by atoms with Gasteiger partial charge < -0.3 is 4.80 Å². The van der Waals surface area contributed by atoms with Crippen LogP contribution < -0.4 is 9.49 Å². The van der Waals surface area contributed by atoms with Crippen LogP contribution in [0.15, 0.2) is 89.8 Å². The average Bonchev–Trinajstić information content (AvgIpc) is 2.67. The first-order valence-electron chi connectivity index (χ1n) is 8.73. The van der Waals surface area contributed by atoms with E-state index < -0.39 is 18.3 Å². The molecule has 140 valence electrons. The molecule has 0 fully saturated rings. The molecule has 3 rings (SSSR count). The van der Waals surface area contributed by atoms with Crippen LogP contribution in [0.5, 0.6) is 0 Å². The van der Waals surface area contributed by atoms with Crippen LogP contribution in [0.4, 0.5) is 5.69 Å². The molecule has 0 spiro atoms. The molecule has 3 aromatic rings. The van der Waals surface area contributed by atoms with Gasteiger partial charge in [-0.2, -0.15) is 0 Å². The molecule has 1 N–H and O–H groups in total. The van der Waals surface area contributed by atoms with Gasteiger partial charge >= 0.3 is 0 Å². The molecule has 0 atom stereocenters. The van der Waals surface area contributed by atoms with Crippen molar-refractivity contribution in [3.63, 3.8) is 0 Å². The third-order valence-electron chi connectivity index (χ3n) is 4.36. The number of benzene rings is 3. The minimum atomic E-state index is -3.72. The number of sulfonamides is 1. The largest absolute Gasteiger partial charge is 0.428 e. The van der Waals surface area contributed by atoms with Gasteiger partial charge in [-0.25, -0.2) is 8.42 Å². The molecule has 0 saturated heterocycles. The molecule has 27 heavy (non-hydrogen) atoms. The summed E-state index contributed by atoms with van der Waals surface area (Å²) in [5.41, 5.74) is 1.47. The normalized spacial score (nSPS) is 12.0. The molecule has 4 nitrogen and oxygen atoms in total. The number of anilines is 1. The molecule has 0 amide bonds. The minimum absolute atomic E-state index is 0.233. The van der Waals surface area contributed by atoms with Crippen LogP contribution in [-0.4, -0.2) is 21.5 Å². The predicted molar refractivity (Wildman–Crippen MR) is 112 cm³/mol. The molecule has 0 aromatic heterocycles. The molecule has 0 bridgehead atoms. The lowest BCUT2D eigenvalue weighted by Gasteiger charge is -2.25. The molecular weight excluding hydrogens is 374 g/mol. The maximum absolute atomic E-state index is 13.3. The summed E-state index contributed by atoms with van der Waals surface area (Å²) in [6, 6.07) is 25.1. The highest BCUT2D eigenvalue weighted by atomic mass is 32.2. The molecule has 6 heteroatoms. The van der Waals surface area contributed by atoms with Crippen molar-refractivity contribution in [3.05, 3.63) is 90.5 Å². The van der Waals surface area contributed by atoms with Crippen molar-refractivity contribution in [2.75, 3.05) is 4.31 Å². The SMILES string of the molecule is C[Si](C)(O)c1ccc(N(Cc2ccccc2)S(=O)(=O)c2ccccc2)cc1. The zero-order valence-electron chi connectivity index (χ0n) is 15.4. The van der Waals surface area contributed by atoms with Gasteiger partial charge in [0, 0.05) is 0 Å². The Kier molecular flexibility index (Phi) is 5.50. The number of rotatable bonds is 6. The van der Waals surface area contributed by atoms with Crippen LogP contribution in [0, 0.1) is 0 Å². The van der Waals surface area contributed by atoms with Crippen LogP contribution in [0.3, 0.4) is 0 Å². The van der Waals surface area contributed by atoms with E-state index in [-0.39, 0.29) is 11.4 Å². The molecule has 0 heterocycles. The van der Waals surface area contributed by atoms with Crippen molar-refractivity contribution >= 4 is 29.2 Å². The first-order valence-corrected chi connectivity index (χ1v) is 13.1. The van der Waals surface area contributed by atoms with E-state index in [1.54, 1.807) is 42.5 Å². The van der Waals surface area contributed by atoms with E-state index in [0.29, 0.717) is 5.69 Å². The molecular formula is C21H23NO3SSi. The number of hydrogen-bond donors (Lipinski definition) is 1. The summed E-state index contributed by atoms with van der Waals surface area (Å²) in [7, 11) is -6.16. The second-order valence-electron chi connectivity index (χ2n) is 6.92. The van der Waals surface area contributed by atoms with Gasteiger partial charge in [0.15, 0.2) is 0 Å². The zero-order chi connectivity index (χ0) is 19.5. The van der Waals surface area contributed by atoms with Crippen LogP contribution in [-0.2, 0) is 16.6 Å². The highest BCUT2D eigenvalue weighted by molar-refractivity contribution is 7.92. The Morgan fingerprint density at radius 3 is 1.85 bits per heavy atom. The Hall–Kier alpha value is -2.41. The van der Waals surface area contributed by atoms with Gasteiger partial charge in [0.25, 0.3) is 10.0 Å². The van der Waals surface area contributed by atoms with E-state index in [1.165, 1.54) is 4.31 Å². The third-order valence-corrected chi connectivity index (χ3v) is 7.90. The second-order valence-corrected chi connectivity index (χ2v) is 12.5. The molecule has 0 unspecified atom stereocenters. The van der Waals surface area contributed by atoms with E-state index in [0.717, 1.165) is 10.8 Å². The van der Waals surface area contributed by atoms with Crippen molar-refractivity contribution in [2.24, 2.45) is 0 Å². The summed E-state index contributed by atoms with van der Waals surface area (Å²) in [5.74, 6) is 0.